The molecule has 4 rings (SSSR count). The Labute approximate surface area is 173 Å². The zero-order valence-corrected chi connectivity index (χ0v) is 18.6. The molecule has 0 atom stereocenters. The second-order valence-corrected chi connectivity index (χ2v) is 11.1. The zero-order chi connectivity index (χ0) is 21.2. The average molecular weight is 420 g/mol. The van der Waals surface area contributed by atoms with Crippen LogP contribution in [0.5, 0.6) is 5.75 Å². The van der Waals surface area contributed by atoms with Gasteiger partial charge in [-0.05, 0) is 22.0 Å². The third-order valence-corrected chi connectivity index (χ3v) is 7.05. The summed E-state index contributed by atoms with van der Waals surface area (Å²) < 4.78 is 13.1. The third-order valence-electron chi connectivity index (χ3n) is 4.99. The van der Waals surface area contributed by atoms with Crippen molar-refractivity contribution in [3.8, 4) is 5.75 Å². The highest BCUT2D eigenvalue weighted by Gasteiger charge is 2.44. The van der Waals surface area contributed by atoms with Crippen LogP contribution in [0.15, 0.2) is 32.9 Å². The first-order valence-electron chi connectivity index (χ1n) is 9.06. The number of benzene rings is 2. The van der Waals surface area contributed by atoms with E-state index in [4.69, 9.17) is 0 Å². The molecule has 0 radical (unpaired) electrons. The van der Waals surface area contributed by atoms with Gasteiger partial charge >= 0.3 is 0 Å². The minimum absolute atomic E-state index is 0.00806. The van der Waals surface area contributed by atoms with Crippen molar-refractivity contribution in [2.75, 3.05) is 0 Å². The van der Waals surface area contributed by atoms with Crippen molar-refractivity contribution in [1.82, 2.24) is 0 Å². The molecule has 0 spiro atoms. The summed E-state index contributed by atoms with van der Waals surface area (Å²) in [7, 11) is -1.28. The van der Waals surface area contributed by atoms with E-state index in [9.17, 15) is 19.4 Å². The molecule has 5 nitrogen and oxygen atoms in total. The summed E-state index contributed by atoms with van der Waals surface area (Å²) in [5.41, 5.74) is 2.47. The molecule has 0 aliphatic carbocycles. The quantitative estimate of drug-likeness (QED) is 0.345. The van der Waals surface area contributed by atoms with Crippen LogP contribution in [0.3, 0.4) is 0 Å². The Bertz CT molecular complexity index is 985. The van der Waals surface area contributed by atoms with Crippen LogP contribution in [0.25, 0.3) is 0 Å². The molecule has 2 aliphatic heterocycles. The summed E-state index contributed by atoms with van der Waals surface area (Å²) in [4.78, 5) is 12.4. The van der Waals surface area contributed by atoms with Crippen molar-refractivity contribution in [1.29, 1.82) is 0 Å². The van der Waals surface area contributed by atoms with Crippen LogP contribution < -0.4 is 0 Å². The number of nitro groups is 1. The maximum Gasteiger partial charge on any atom is 0.270 e. The van der Waals surface area contributed by atoms with E-state index in [0.717, 1.165) is 22.3 Å². The smallest absolute Gasteiger partial charge is 0.270 e. The lowest BCUT2D eigenvalue weighted by Crippen LogP contribution is -2.30. The Balaban J connectivity index is 2.22. The molecule has 0 saturated carbocycles. The minimum atomic E-state index is -1.28. The number of phenolic OH excluding ortho intramolecular Hbond substituents is 1. The molecule has 0 saturated heterocycles. The van der Waals surface area contributed by atoms with Crippen molar-refractivity contribution < 1.29 is 14.2 Å². The lowest BCUT2D eigenvalue weighted by molar-refractivity contribution is -0.385. The number of aromatic hydroxyl groups is 1. The van der Waals surface area contributed by atoms with Crippen molar-refractivity contribution in [3.05, 3.63) is 50.6 Å². The molecule has 0 unspecified atom stereocenters. The Morgan fingerprint density at radius 3 is 1.96 bits per heavy atom. The molecular formula is C21H25NO4S2. The van der Waals surface area contributed by atoms with Gasteiger partial charge in [-0.1, -0.05) is 47.6 Å². The second-order valence-electron chi connectivity index (χ2n) is 9.25. The molecule has 1 N–H and O–H groups in total. The summed E-state index contributed by atoms with van der Waals surface area (Å²) in [6, 6.07) is 4.59. The van der Waals surface area contributed by atoms with E-state index in [1.54, 1.807) is 6.07 Å². The van der Waals surface area contributed by atoms with Gasteiger partial charge in [-0.3, -0.25) is 10.1 Å². The van der Waals surface area contributed by atoms with Crippen LogP contribution in [-0.4, -0.2) is 14.2 Å². The second kappa shape index (κ2) is 6.59. The predicted octanol–water partition coefficient (Wildman–Crippen LogP) is 5.26. The van der Waals surface area contributed by atoms with Crippen LogP contribution in [0.4, 0.5) is 5.69 Å². The monoisotopic (exact) mass is 419 g/mol. The van der Waals surface area contributed by atoms with Gasteiger partial charge in [0.05, 0.1) is 25.5 Å². The molecule has 2 aromatic carbocycles. The minimum Gasteiger partial charge on any atom is -0.507 e. The summed E-state index contributed by atoms with van der Waals surface area (Å²) in [6.45, 7) is 12.0. The molecule has 0 aromatic heterocycles. The van der Waals surface area contributed by atoms with Gasteiger partial charge in [-0.15, -0.1) is 12.6 Å². The van der Waals surface area contributed by atoms with E-state index in [2.05, 4.69) is 12.6 Å². The topological polar surface area (TPSA) is 80.4 Å². The Morgan fingerprint density at radius 1 is 1.07 bits per heavy atom. The number of rotatable bonds is 3. The highest BCUT2D eigenvalue weighted by atomic mass is 32.2. The first-order chi connectivity index (χ1) is 12.7. The molecule has 0 fully saturated rings. The fourth-order valence-corrected chi connectivity index (χ4v) is 6.08. The first-order valence-corrected chi connectivity index (χ1v) is 10.7. The number of thiol groups is 1. The number of hydrogen-bond donors (Lipinski definition) is 2. The van der Waals surface area contributed by atoms with Crippen molar-refractivity contribution in [3.63, 3.8) is 0 Å². The van der Waals surface area contributed by atoms with Gasteiger partial charge in [0.15, 0.2) is 0 Å². The maximum absolute atomic E-state index is 13.1. The molecule has 2 aliphatic rings. The summed E-state index contributed by atoms with van der Waals surface area (Å²) in [6.07, 6.45) is 0.472. The average Bonchev–Trinajstić information content (AvgIpc) is 2.54. The number of non-ortho nitro benzene ring substituents is 1. The zero-order valence-electron chi connectivity index (χ0n) is 16.9. The molecular weight excluding hydrogens is 394 g/mol. The normalized spacial score (nSPS) is 14.1. The highest BCUT2D eigenvalue weighted by molar-refractivity contribution is 7.86. The lowest BCUT2D eigenvalue weighted by atomic mass is 9.77. The van der Waals surface area contributed by atoms with E-state index in [1.165, 1.54) is 12.1 Å². The van der Waals surface area contributed by atoms with Gasteiger partial charge in [0, 0.05) is 34.6 Å². The third kappa shape index (κ3) is 3.24. The van der Waals surface area contributed by atoms with Gasteiger partial charge in [0.2, 0.25) is 0 Å². The molecule has 2 bridgehead atoms. The Hall–Kier alpha value is -1.86. The van der Waals surface area contributed by atoms with Crippen LogP contribution in [0.2, 0.25) is 0 Å². The molecule has 28 heavy (non-hydrogen) atoms. The molecule has 150 valence electrons. The number of hydrogen-bond acceptors (Lipinski definition) is 5. The van der Waals surface area contributed by atoms with E-state index >= 15 is 0 Å². The van der Waals surface area contributed by atoms with Crippen LogP contribution in [-0.2, 0) is 28.1 Å². The fourth-order valence-electron chi connectivity index (χ4n) is 3.77. The first kappa shape index (κ1) is 20.9. The maximum atomic E-state index is 13.1. The van der Waals surface area contributed by atoms with Gasteiger partial charge in [-0.2, -0.15) is 0 Å². The van der Waals surface area contributed by atoms with Crippen LogP contribution >= 0.6 is 12.6 Å². The van der Waals surface area contributed by atoms with E-state index < -0.39 is 15.7 Å². The highest BCUT2D eigenvalue weighted by Crippen LogP contribution is 2.54. The summed E-state index contributed by atoms with van der Waals surface area (Å²) in [5, 5.41) is 22.0. The Kier molecular flexibility index (Phi) is 4.91. The molecule has 2 heterocycles. The fraction of sp³-hybridized carbons (Fsp3) is 0.429. The van der Waals surface area contributed by atoms with Gasteiger partial charge in [-0.25, -0.2) is 4.21 Å². The standard InChI is InChI=1S/C21H25NO4S2/c1-20(2,3)15-17(23)16(21(4,5)6)19-13(18(15)28(19)26)9-11-7-8-12(22(24)25)10-14(11)27/h7-8,10,23,27H,9H2,1-6H3. The SMILES string of the molecule is CC(C)(C)c1c(O)c(C(C)(C)C)c2c(Cc3ccc([N+](=O)[O-])cc3S)c1S2=O. The Morgan fingerprint density at radius 2 is 1.57 bits per heavy atom. The molecule has 2 aromatic rings. The number of nitro benzene ring substituents is 1. The number of phenols is 1. The summed E-state index contributed by atoms with van der Waals surface area (Å²) in [5.74, 6) is 0.239. The number of nitrogens with zero attached hydrogens (tertiary/aromatic N) is 1. The van der Waals surface area contributed by atoms with Gasteiger partial charge in [0.25, 0.3) is 5.69 Å². The van der Waals surface area contributed by atoms with Crippen molar-refractivity contribution in [2.24, 2.45) is 0 Å². The number of fused-ring (bicyclic) bond motifs is 2. The largest absolute Gasteiger partial charge is 0.507 e. The van der Waals surface area contributed by atoms with Gasteiger partial charge in [0.1, 0.15) is 5.75 Å². The van der Waals surface area contributed by atoms with Crippen molar-refractivity contribution >= 4 is 29.1 Å². The van der Waals surface area contributed by atoms with E-state index in [0.29, 0.717) is 21.1 Å². The predicted molar refractivity (Wildman–Crippen MR) is 113 cm³/mol. The summed E-state index contributed by atoms with van der Waals surface area (Å²) >= 11 is 4.43. The molecule has 0 amide bonds. The van der Waals surface area contributed by atoms with Crippen LogP contribution in [0, 0.1) is 10.1 Å². The molecule has 7 heteroatoms. The van der Waals surface area contributed by atoms with E-state index in [1.807, 2.05) is 41.5 Å². The lowest BCUT2D eigenvalue weighted by Gasteiger charge is -2.39. The van der Waals surface area contributed by atoms with E-state index in [-0.39, 0.29) is 22.3 Å². The van der Waals surface area contributed by atoms with Crippen LogP contribution in [0.1, 0.15) is 63.8 Å². The van der Waals surface area contributed by atoms with Gasteiger partial charge < -0.3 is 5.11 Å². The van der Waals surface area contributed by atoms with Crippen molar-refractivity contribution in [2.45, 2.75) is 73.5 Å².